The molecule has 0 N–H and O–H groups in total. The highest BCUT2D eigenvalue weighted by atomic mass is 32.2. The molecular weight excluding hydrogens is 318 g/mol. The molecule has 1 amide bonds. The topological polar surface area (TPSA) is 54.5 Å². The van der Waals surface area contributed by atoms with E-state index in [2.05, 4.69) is 11.4 Å². The molecule has 122 valence electrons. The first-order valence-electron chi connectivity index (χ1n) is 8.10. The smallest absolute Gasteiger partial charge is 0.238 e. The molecule has 0 radical (unpaired) electrons. The molecule has 1 saturated carbocycles. The van der Waals surface area contributed by atoms with Gasteiger partial charge in [-0.05, 0) is 37.1 Å². The Bertz CT molecular complexity index is 605. The summed E-state index contributed by atoms with van der Waals surface area (Å²) in [5.41, 5.74) is 0. The summed E-state index contributed by atoms with van der Waals surface area (Å²) < 4.78 is 24.2. The third-order valence-electron chi connectivity index (χ3n) is 4.57. The van der Waals surface area contributed by atoms with Gasteiger partial charge in [0.05, 0.1) is 5.25 Å². The lowest BCUT2D eigenvalue weighted by atomic mass is 10.1. The number of rotatable bonds is 5. The third kappa shape index (κ3) is 3.90. The maximum Gasteiger partial charge on any atom is 0.238 e. The van der Waals surface area contributed by atoms with Crippen molar-refractivity contribution < 1.29 is 13.2 Å². The summed E-state index contributed by atoms with van der Waals surface area (Å²) >= 11 is 1.71. The highest BCUT2D eigenvalue weighted by molar-refractivity contribution is 7.93. The molecule has 22 heavy (non-hydrogen) atoms. The Morgan fingerprint density at radius 2 is 2.05 bits per heavy atom. The molecule has 2 aliphatic rings. The minimum absolute atomic E-state index is 0.156. The Kier molecular flexibility index (Phi) is 4.88. The van der Waals surface area contributed by atoms with Crippen LogP contribution in [0.15, 0.2) is 17.5 Å². The Morgan fingerprint density at radius 3 is 2.73 bits per heavy atom. The van der Waals surface area contributed by atoms with Gasteiger partial charge in [0, 0.05) is 23.9 Å². The number of hydrogen-bond acceptors (Lipinski definition) is 4. The largest absolute Gasteiger partial charge is 0.338 e. The molecule has 6 heteroatoms. The average molecular weight is 341 g/mol. The molecule has 4 nitrogen and oxygen atoms in total. The van der Waals surface area contributed by atoms with Crippen molar-refractivity contribution in [3.05, 3.63) is 22.4 Å². The number of likely N-dealkylation sites (tertiary alicyclic amines) is 1. The summed E-state index contributed by atoms with van der Waals surface area (Å²) in [4.78, 5) is 15.7. The Balaban J connectivity index is 1.70. The Morgan fingerprint density at radius 1 is 1.23 bits per heavy atom. The van der Waals surface area contributed by atoms with E-state index < -0.39 is 9.84 Å². The van der Waals surface area contributed by atoms with Crippen LogP contribution in [0.2, 0.25) is 0 Å². The van der Waals surface area contributed by atoms with Gasteiger partial charge >= 0.3 is 0 Å². The van der Waals surface area contributed by atoms with Gasteiger partial charge in [0.25, 0.3) is 0 Å². The van der Waals surface area contributed by atoms with Crippen LogP contribution in [0.1, 0.15) is 43.4 Å². The lowest BCUT2D eigenvalue weighted by Gasteiger charge is -2.30. The fourth-order valence-electron chi connectivity index (χ4n) is 3.18. The van der Waals surface area contributed by atoms with E-state index in [4.69, 9.17) is 0 Å². The Hall–Kier alpha value is -0.880. The molecule has 0 spiro atoms. The molecule has 0 aromatic carbocycles. The zero-order chi connectivity index (χ0) is 15.6. The van der Waals surface area contributed by atoms with Crippen LogP contribution in [0.5, 0.6) is 0 Å². The molecule has 1 aromatic heterocycles. The maximum atomic E-state index is 12.6. The molecule has 1 atom stereocenters. The number of thiophene rings is 1. The predicted molar refractivity (Wildman–Crippen MR) is 88.8 cm³/mol. The van der Waals surface area contributed by atoms with Gasteiger partial charge in [-0.2, -0.15) is 0 Å². The molecule has 1 unspecified atom stereocenters. The van der Waals surface area contributed by atoms with Gasteiger partial charge in [-0.15, -0.1) is 11.3 Å². The standard InChI is InChI=1S/C16H23NO3S2/c18-16(12-22(19,20)15-7-8-15)17-9-3-1-2-5-13(17)11-14-6-4-10-21-14/h4,6,10,13,15H,1-3,5,7-9,11-12H2. The summed E-state index contributed by atoms with van der Waals surface area (Å²) in [5, 5.41) is 1.80. The van der Waals surface area contributed by atoms with Crippen LogP contribution in [0.3, 0.4) is 0 Å². The predicted octanol–water partition coefficient (Wildman–Crippen LogP) is 2.64. The summed E-state index contributed by atoms with van der Waals surface area (Å²) in [6, 6.07) is 4.28. The highest BCUT2D eigenvalue weighted by Gasteiger charge is 2.38. The van der Waals surface area contributed by atoms with Crippen LogP contribution in [0.25, 0.3) is 0 Å². The van der Waals surface area contributed by atoms with E-state index in [-0.39, 0.29) is 23.0 Å². The fourth-order valence-corrected chi connectivity index (χ4v) is 5.56. The van der Waals surface area contributed by atoms with Gasteiger partial charge in [-0.25, -0.2) is 8.42 Å². The van der Waals surface area contributed by atoms with Crippen molar-refractivity contribution in [2.24, 2.45) is 0 Å². The van der Waals surface area contributed by atoms with Crippen molar-refractivity contribution >= 4 is 27.1 Å². The molecule has 0 bridgehead atoms. The number of carbonyl (C=O) groups is 1. The number of carbonyl (C=O) groups excluding carboxylic acids is 1. The van der Waals surface area contributed by atoms with E-state index in [0.717, 1.165) is 44.9 Å². The van der Waals surface area contributed by atoms with Crippen LogP contribution < -0.4 is 0 Å². The summed E-state index contributed by atoms with van der Waals surface area (Å²) in [7, 11) is -3.22. The molecular formula is C16H23NO3S2. The monoisotopic (exact) mass is 341 g/mol. The van der Waals surface area contributed by atoms with Crippen LogP contribution in [-0.4, -0.2) is 42.8 Å². The molecule has 3 rings (SSSR count). The first-order valence-corrected chi connectivity index (χ1v) is 10.7. The van der Waals surface area contributed by atoms with E-state index >= 15 is 0 Å². The first-order chi connectivity index (χ1) is 10.6. The second-order valence-electron chi connectivity index (χ2n) is 6.38. The fraction of sp³-hybridized carbons (Fsp3) is 0.688. The summed E-state index contributed by atoms with van der Waals surface area (Å²) in [6.07, 6.45) is 6.52. The van der Waals surface area contributed by atoms with E-state index in [9.17, 15) is 13.2 Å². The van der Waals surface area contributed by atoms with Crippen LogP contribution in [0.4, 0.5) is 0 Å². The quantitative estimate of drug-likeness (QED) is 0.827. The lowest BCUT2D eigenvalue weighted by Crippen LogP contribution is -2.44. The first kappa shape index (κ1) is 16.0. The normalized spacial score (nSPS) is 23.3. The summed E-state index contributed by atoms with van der Waals surface area (Å²) in [6.45, 7) is 0.703. The van der Waals surface area contributed by atoms with Gasteiger partial charge in [0.2, 0.25) is 5.91 Å². The van der Waals surface area contributed by atoms with E-state index in [1.165, 1.54) is 4.88 Å². The van der Waals surface area contributed by atoms with E-state index in [0.29, 0.717) is 6.54 Å². The highest BCUT2D eigenvalue weighted by Crippen LogP contribution is 2.30. The maximum absolute atomic E-state index is 12.6. The second-order valence-corrected chi connectivity index (χ2v) is 9.69. The minimum atomic E-state index is -3.22. The van der Waals surface area contributed by atoms with Crippen molar-refractivity contribution in [3.63, 3.8) is 0 Å². The van der Waals surface area contributed by atoms with E-state index in [1.54, 1.807) is 11.3 Å². The van der Waals surface area contributed by atoms with Crippen molar-refractivity contribution in [2.75, 3.05) is 12.3 Å². The number of hydrogen-bond donors (Lipinski definition) is 0. The third-order valence-corrected chi connectivity index (χ3v) is 7.61. The number of amides is 1. The summed E-state index contributed by atoms with van der Waals surface area (Å²) in [5.74, 6) is -0.478. The lowest BCUT2D eigenvalue weighted by molar-refractivity contribution is -0.130. The second kappa shape index (κ2) is 6.71. The van der Waals surface area contributed by atoms with Gasteiger partial charge in [-0.3, -0.25) is 4.79 Å². The van der Waals surface area contributed by atoms with Crippen molar-refractivity contribution in [1.82, 2.24) is 4.90 Å². The molecule has 1 aromatic rings. The van der Waals surface area contributed by atoms with E-state index in [1.807, 2.05) is 11.0 Å². The van der Waals surface area contributed by atoms with Crippen molar-refractivity contribution in [1.29, 1.82) is 0 Å². The minimum Gasteiger partial charge on any atom is -0.338 e. The average Bonchev–Trinajstić information content (AvgIpc) is 3.24. The van der Waals surface area contributed by atoms with Crippen LogP contribution >= 0.6 is 11.3 Å². The number of nitrogens with zero attached hydrogens (tertiary/aromatic N) is 1. The Labute approximate surface area is 136 Å². The zero-order valence-corrected chi connectivity index (χ0v) is 14.4. The molecule has 1 saturated heterocycles. The molecule has 1 aliphatic heterocycles. The zero-order valence-electron chi connectivity index (χ0n) is 12.7. The van der Waals surface area contributed by atoms with Gasteiger partial charge in [0.15, 0.2) is 9.84 Å². The van der Waals surface area contributed by atoms with Crippen molar-refractivity contribution in [3.8, 4) is 0 Å². The van der Waals surface area contributed by atoms with Crippen LogP contribution in [-0.2, 0) is 21.1 Å². The van der Waals surface area contributed by atoms with Crippen LogP contribution in [0, 0.1) is 0 Å². The van der Waals surface area contributed by atoms with Crippen molar-refractivity contribution in [2.45, 2.75) is 56.2 Å². The van der Waals surface area contributed by atoms with Gasteiger partial charge in [-0.1, -0.05) is 18.9 Å². The molecule has 2 heterocycles. The molecule has 2 fully saturated rings. The number of sulfone groups is 1. The van der Waals surface area contributed by atoms with Gasteiger partial charge < -0.3 is 4.90 Å². The SMILES string of the molecule is O=C(CS(=O)(=O)C1CC1)N1CCCCCC1Cc1cccs1. The van der Waals surface area contributed by atoms with Gasteiger partial charge in [0.1, 0.15) is 5.75 Å². The molecule has 1 aliphatic carbocycles.